The third-order valence-electron chi connectivity index (χ3n) is 2.73. The summed E-state index contributed by atoms with van der Waals surface area (Å²) in [4.78, 5) is 1.19. The fraction of sp³-hybridized carbons (Fsp3) is 0.364. The molecule has 0 saturated heterocycles. The van der Waals surface area contributed by atoms with Crippen LogP contribution in [0.2, 0.25) is 0 Å². The van der Waals surface area contributed by atoms with Gasteiger partial charge in [-0.05, 0) is 25.3 Å². The predicted octanol–water partition coefficient (Wildman–Crippen LogP) is 2.15. The molecular formula is C11H15N3S. The average molecular weight is 221 g/mol. The van der Waals surface area contributed by atoms with E-state index in [1.807, 2.05) is 24.7 Å². The number of hydrogen-bond donors (Lipinski definition) is 1. The smallest absolute Gasteiger partial charge is 0.0682 e. The van der Waals surface area contributed by atoms with Crippen molar-refractivity contribution in [1.82, 2.24) is 9.78 Å². The molecular weight excluding hydrogens is 206 g/mol. The van der Waals surface area contributed by atoms with E-state index in [1.54, 1.807) is 11.3 Å². The van der Waals surface area contributed by atoms with E-state index in [9.17, 15) is 0 Å². The zero-order valence-electron chi connectivity index (χ0n) is 9.19. The van der Waals surface area contributed by atoms with Gasteiger partial charge in [0.25, 0.3) is 0 Å². The molecule has 2 heterocycles. The van der Waals surface area contributed by atoms with Gasteiger partial charge in [-0.25, -0.2) is 0 Å². The predicted molar refractivity (Wildman–Crippen MR) is 63.0 cm³/mol. The molecule has 1 atom stereocenters. The van der Waals surface area contributed by atoms with Crippen molar-refractivity contribution in [2.45, 2.75) is 19.9 Å². The molecule has 80 valence electrons. The number of rotatable bonds is 2. The van der Waals surface area contributed by atoms with Crippen LogP contribution in [0.15, 0.2) is 17.5 Å². The summed E-state index contributed by atoms with van der Waals surface area (Å²) >= 11 is 1.69. The summed E-state index contributed by atoms with van der Waals surface area (Å²) in [5.41, 5.74) is 9.56. The monoisotopic (exact) mass is 221 g/mol. The zero-order chi connectivity index (χ0) is 11.0. The molecule has 0 bridgehead atoms. The Labute approximate surface area is 93.5 Å². The maximum Gasteiger partial charge on any atom is 0.0682 e. The Morgan fingerprint density at radius 2 is 2.20 bits per heavy atom. The molecule has 3 nitrogen and oxygen atoms in total. The molecule has 0 amide bonds. The Kier molecular flexibility index (Phi) is 2.63. The lowest BCUT2D eigenvalue weighted by Crippen LogP contribution is -2.12. The summed E-state index contributed by atoms with van der Waals surface area (Å²) in [6.07, 6.45) is 0. The highest BCUT2D eigenvalue weighted by molar-refractivity contribution is 7.10. The van der Waals surface area contributed by atoms with Gasteiger partial charge < -0.3 is 5.73 Å². The summed E-state index contributed by atoms with van der Waals surface area (Å²) in [6, 6.07) is 4.06. The van der Waals surface area contributed by atoms with E-state index < -0.39 is 0 Å². The number of nitrogens with two attached hydrogens (primary N) is 1. The highest BCUT2D eigenvalue weighted by Crippen LogP contribution is 2.27. The summed E-state index contributed by atoms with van der Waals surface area (Å²) in [6.45, 7) is 4.07. The lowest BCUT2D eigenvalue weighted by Gasteiger charge is -2.10. The lowest BCUT2D eigenvalue weighted by atomic mass is 10.0. The van der Waals surface area contributed by atoms with Crippen LogP contribution < -0.4 is 5.73 Å². The third kappa shape index (κ3) is 1.70. The van der Waals surface area contributed by atoms with Gasteiger partial charge in [-0.2, -0.15) is 5.10 Å². The topological polar surface area (TPSA) is 43.8 Å². The van der Waals surface area contributed by atoms with Gasteiger partial charge >= 0.3 is 0 Å². The van der Waals surface area contributed by atoms with Gasteiger partial charge in [0.2, 0.25) is 0 Å². The number of hydrogen-bond acceptors (Lipinski definition) is 3. The minimum Gasteiger partial charge on any atom is -0.319 e. The van der Waals surface area contributed by atoms with Gasteiger partial charge in [-0.15, -0.1) is 11.3 Å². The van der Waals surface area contributed by atoms with Gasteiger partial charge in [0.15, 0.2) is 0 Å². The Bertz CT molecular complexity index is 456. The first-order chi connectivity index (χ1) is 7.11. The van der Waals surface area contributed by atoms with Crippen molar-refractivity contribution in [2.75, 3.05) is 0 Å². The zero-order valence-corrected chi connectivity index (χ0v) is 10.0. The van der Waals surface area contributed by atoms with Crippen LogP contribution in [0.4, 0.5) is 0 Å². The van der Waals surface area contributed by atoms with Crippen LogP contribution in [0.3, 0.4) is 0 Å². The third-order valence-corrected chi connectivity index (χ3v) is 3.68. The molecule has 1 unspecified atom stereocenters. The van der Waals surface area contributed by atoms with Crippen molar-refractivity contribution < 1.29 is 0 Å². The average Bonchev–Trinajstić information content (AvgIpc) is 2.76. The fourth-order valence-electron chi connectivity index (χ4n) is 1.85. The fourth-order valence-corrected chi connectivity index (χ4v) is 2.59. The Morgan fingerprint density at radius 3 is 2.67 bits per heavy atom. The van der Waals surface area contributed by atoms with Crippen LogP contribution in [-0.4, -0.2) is 9.78 Å². The van der Waals surface area contributed by atoms with Crippen LogP contribution in [0.5, 0.6) is 0 Å². The molecule has 0 aliphatic carbocycles. The van der Waals surface area contributed by atoms with Crippen LogP contribution in [-0.2, 0) is 7.05 Å². The highest BCUT2D eigenvalue weighted by atomic mass is 32.1. The SMILES string of the molecule is Cc1nn(C)c(C)c1C(N)c1cccs1. The maximum absolute atomic E-state index is 6.23. The quantitative estimate of drug-likeness (QED) is 0.844. The van der Waals surface area contributed by atoms with Crippen molar-refractivity contribution in [1.29, 1.82) is 0 Å². The second-order valence-electron chi connectivity index (χ2n) is 3.70. The van der Waals surface area contributed by atoms with Crippen molar-refractivity contribution >= 4 is 11.3 Å². The summed E-state index contributed by atoms with van der Waals surface area (Å²) in [7, 11) is 1.95. The van der Waals surface area contributed by atoms with E-state index in [0.29, 0.717) is 0 Å². The number of nitrogens with zero attached hydrogens (tertiary/aromatic N) is 2. The van der Waals surface area contributed by atoms with E-state index in [-0.39, 0.29) is 6.04 Å². The van der Waals surface area contributed by atoms with Gasteiger partial charge in [-0.1, -0.05) is 6.07 Å². The Balaban J connectivity index is 2.46. The molecule has 4 heteroatoms. The van der Waals surface area contributed by atoms with Crippen molar-refractivity contribution in [2.24, 2.45) is 12.8 Å². The molecule has 0 aliphatic rings. The lowest BCUT2D eigenvalue weighted by molar-refractivity contribution is 0.728. The van der Waals surface area contributed by atoms with Gasteiger partial charge in [-0.3, -0.25) is 4.68 Å². The molecule has 0 aliphatic heterocycles. The second kappa shape index (κ2) is 3.79. The molecule has 0 radical (unpaired) electrons. The minimum atomic E-state index is -0.0429. The van der Waals surface area contributed by atoms with E-state index in [2.05, 4.69) is 23.5 Å². The number of aromatic nitrogens is 2. The molecule has 0 saturated carbocycles. The van der Waals surface area contributed by atoms with Crippen LogP contribution in [0.1, 0.15) is 27.9 Å². The largest absolute Gasteiger partial charge is 0.319 e. The summed E-state index contributed by atoms with van der Waals surface area (Å²) < 4.78 is 1.89. The van der Waals surface area contributed by atoms with E-state index >= 15 is 0 Å². The molecule has 2 aromatic rings. The van der Waals surface area contributed by atoms with E-state index in [4.69, 9.17) is 5.73 Å². The molecule has 0 aromatic carbocycles. The van der Waals surface area contributed by atoms with E-state index in [1.165, 1.54) is 4.88 Å². The number of aryl methyl sites for hydroxylation is 2. The first-order valence-electron chi connectivity index (χ1n) is 4.90. The highest BCUT2D eigenvalue weighted by Gasteiger charge is 2.18. The number of thiophene rings is 1. The second-order valence-corrected chi connectivity index (χ2v) is 4.68. The van der Waals surface area contributed by atoms with Gasteiger partial charge in [0.1, 0.15) is 0 Å². The maximum atomic E-state index is 6.23. The standard InChI is InChI=1S/C11H15N3S/c1-7-10(8(2)14(3)13-7)11(12)9-5-4-6-15-9/h4-6,11H,12H2,1-3H3. The molecule has 2 rings (SSSR count). The van der Waals surface area contributed by atoms with Gasteiger partial charge in [0, 0.05) is 23.2 Å². The minimum absolute atomic E-state index is 0.0429. The summed E-state index contributed by atoms with van der Waals surface area (Å²) in [5, 5.41) is 6.43. The van der Waals surface area contributed by atoms with Gasteiger partial charge in [0.05, 0.1) is 11.7 Å². The molecule has 2 N–H and O–H groups in total. The van der Waals surface area contributed by atoms with Crippen molar-refractivity contribution in [3.8, 4) is 0 Å². The Morgan fingerprint density at radius 1 is 1.47 bits per heavy atom. The van der Waals surface area contributed by atoms with Crippen LogP contribution >= 0.6 is 11.3 Å². The molecule has 15 heavy (non-hydrogen) atoms. The molecule has 0 fully saturated rings. The van der Waals surface area contributed by atoms with Crippen LogP contribution in [0, 0.1) is 13.8 Å². The van der Waals surface area contributed by atoms with Crippen molar-refractivity contribution in [3.05, 3.63) is 39.3 Å². The first kappa shape index (κ1) is 10.4. The Hall–Kier alpha value is -1.13. The summed E-state index contributed by atoms with van der Waals surface area (Å²) in [5.74, 6) is 0. The molecule has 2 aromatic heterocycles. The van der Waals surface area contributed by atoms with Crippen LogP contribution in [0.25, 0.3) is 0 Å². The first-order valence-corrected chi connectivity index (χ1v) is 5.78. The normalized spacial score (nSPS) is 13.1. The molecule has 0 spiro atoms. The van der Waals surface area contributed by atoms with E-state index in [0.717, 1.165) is 17.0 Å². The van der Waals surface area contributed by atoms with Crippen molar-refractivity contribution in [3.63, 3.8) is 0 Å².